The summed E-state index contributed by atoms with van der Waals surface area (Å²) >= 11 is 0. The number of carbonyl (C=O) groups is 1. The Morgan fingerprint density at radius 3 is 2.65 bits per heavy atom. The lowest BCUT2D eigenvalue weighted by Crippen LogP contribution is -2.48. The Morgan fingerprint density at radius 2 is 1.87 bits per heavy atom. The molecule has 5 nitrogen and oxygen atoms in total. The van der Waals surface area contributed by atoms with Gasteiger partial charge >= 0.3 is 6.09 Å². The van der Waals surface area contributed by atoms with Crippen LogP contribution in [0.25, 0.3) is 10.8 Å². The predicted molar refractivity (Wildman–Crippen MR) is 90.9 cm³/mol. The summed E-state index contributed by atoms with van der Waals surface area (Å²) < 4.78 is 5.72. The molecule has 1 amide bonds. The summed E-state index contributed by atoms with van der Waals surface area (Å²) in [5, 5.41) is 2.09. The highest BCUT2D eigenvalue weighted by Gasteiger charge is 2.22. The molecule has 118 valence electrons. The van der Waals surface area contributed by atoms with Crippen LogP contribution in [0.2, 0.25) is 0 Å². The van der Waals surface area contributed by atoms with Crippen molar-refractivity contribution in [3.05, 3.63) is 35.9 Å². The van der Waals surface area contributed by atoms with Gasteiger partial charge < -0.3 is 14.5 Å². The second kappa shape index (κ2) is 5.66. The van der Waals surface area contributed by atoms with E-state index in [0.29, 0.717) is 18.8 Å². The van der Waals surface area contributed by atoms with Crippen molar-refractivity contribution >= 4 is 28.8 Å². The van der Waals surface area contributed by atoms with Crippen molar-refractivity contribution in [3.63, 3.8) is 0 Å². The fourth-order valence-electron chi connectivity index (χ4n) is 3.19. The molecule has 1 saturated heterocycles. The van der Waals surface area contributed by atoms with Gasteiger partial charge in [0.25, 0.3) is 0 Å². The zero-order valence-corrected chi connectivity index (χ0v) is 13.2. The lowest BCUT2D eigenvalue weighted by atomic mass is 10.0. The number of rotatable bonds is 1. The molecule has 1 fully saturated rings. The number of hydrogen-bond donors (Lipinski definition) is 0. The van der Waals surface area contributed by atoms with E-state index in [1.807, 2.05) is 30.5 Å². The van der Waals surface area contributed by atoms with Gasteiger partial charge in [-0.25, -0.2) is 4.79 Å². The van der Waals surface area contributed by atoms with Crippen molar-refractivity contribution in [2.45, 2.75) is 6.42 Å². The van der Waals surface area contributed by atoms with E-state index in [-0.39, 0.29) is 6.09 Å². The lowest BCUT2D eigenvalue weighted by molar-refractivity contribution is 0.121. The molecule has 2 aromatic carbocycles. The average molecular weight is 309 g/mol. The highest BCUT2D eigenvalue weighted by atomic mass is 16.6. The average Bonchev–Trinajstić information content (AvgIpc) is 3.04. The number of nitrogens with zero attached hydrogens (tertiary/aromatic N) is 3. The van der Waals surface area contributed by atoms with Gasteiger partial charge in [0.05, 0.1) is 5.69 Å². The summed E-state index contributed by atoms with van der Waals surface area (Å²) in [7, 11) is 2.06. The van der Waals surface area contributed by atoms with Crippen LogP contribution in [0.5, 0.6) is 5.75 Å². The Balaban J connectivity index is 1.65. The van der Waals surface area contributed by atoms with Crippen molar-refractivity contribution in [2.75, 3.05) is 33.2 Å². The monoisotopic (exact) mass is 309 g/mol. The van der Waals surface area contributed by atoms with Crippen LogP contribution in [0.1, 0.15) is 5.56 Å². The number of aliphatic imine (C=N–C) groups is 1. The summed E-state index contributed by atoms with van der Waals surface area (Å²) in [5.41, 5.74) is 2.12. The van der Waals surface area contributed by atoms with E-state index < -0.39 is 0 Å². The number of ether oxygens (including phenoxy) is 1. The Bertz CT molecular complexity index is 792. The normalized spacial score (nSPS) is 17.5. The molecular formula is C18H19N3O2. The summed E-state index contributed by atoms with van der Waals surface area (Å²) in [6.45, 7) is 3.17. The number of likely N-dealkylation sites (N-methyl/N-ethyl adjacent to an activating group) is 1. The number of fused-ring (bicyclic) bond motifs is 3. The van der Waals surface area contributed by atoms with Gasteiger partial charge in [0, 0.05) is 50.3 Å². The molecule has 0 spiro atoms. The number of carbonyl (C=O) groups excluding carboxylic acids is 1. The quantitative estimate of drug-likeness (QED) is 0.813. The summed E-state index contributed by atoms with van der Waals surface area (Å²) in [6, 6.07) is 9.93. The van der Waals surface area contributed by atoms with Crippen molar-refractivity contribution in [3.8, 4) is 5.75 Å². The second-order valence-corrected chi connectivity index (χ2v) is 6.09. The molecule has 0 bridgehead atoms. The Kier molecular flexibility index (Phi) is 3.50. The van der Waals surface area contributed by atoms with E-state index in [0.717, 1.165) is 36.0 Å². The van der Waals surface area contributed by atoms with Crippen LogP contribution >= 0.6 is 0 Å². The van der Waals surface area contributed by atoms with Crippen molar-refractivity contribution < 1.29 is 9.53 Å². The highest BCUT2D eigenvalue weighted by molar-refractivity contribution is 5.99. The largest absolute Gasteiger partial charge is 0.415 e. The number of benzene rings is 2. The molecule has 0 radical (unpaired) electrons. The van der Waals surface area contributed by atoms with E-state index in [2.05, 4.69) is 23.0 Å². The first-order valence-electron chi connectivity index (χ1n) is 7.95. The first kappa shape index (κ1) is 14.2. The van der Waals surface area contributed by atoms with Crippen LogP contribution < -0.4 is 4.74 Å². The van der Waals surface area contributed by atoms with Crippen LogP contribution in [-0.4, -0.2) is 55.3 Å². The first-order valence-corrected chi connectivity index (χ1v) is 7.95. The van der Waals surface area contributed by atoms with Crippen molar-refractivity contribution in [1.82, 2.24) is 9.80 Å². The van der Waals surface area contributed by atoms with Gasteiger partial charge in [-0.05, 0) is 18.0 Å². The fourth-order valence-corrected chi connectivity index (χ4v) is 3.19. The van der Waals surface area contributed by atoms with Gasteiger partial charge in [-0.15, -0.1) is 0 Å². The molecule has 23 heavy (non-hydrogen) atoms. The third-order valence-corrected chi connectivity index (χ3v) is 4.58. The second-order valence-electron chi connectivity index (χ2n) is 6.09. The van der Waals surface area contributed by atoms with E-state index in [1.165, 1.54) is 5.56 Å². The van der Waals surface area contributed by atoms with Crippen LogP contribution in [-0.2, 0) is 6.42 Å². The molecule has 5 heteroatoms. The third kappa shape index (κ3) is 2.57. The summed E-state index contributed by atoms with van der Waals surface area (Å²) in [5.74, 6) is 0.599. The number of piperazine rings is 1. The molecule has 0 atom stereocenters. The maximum atomic E-state index is 12.5. The lowest BCUT2D eigenvalue weighted by Gasteiger charge is -2.31. The molecule has 2 heterocycles. The van der Waals surface area contributed by atoms with Crippen molar-refractivity contribution in [2.24, 2.45) is 4.99 Å². The van der Waals surface area contributed by atoms with Gasteiger partial charge in [-0.3, -0.25) is 4.99 Å². The molecule has 2 aliphatic rings. The van der Waals surface area contributed by atoms with Crippen LogP contribution in [0.3, 0.4) is 0 Å². The first-order chi connectivity index (χ1) is 11.2. The zero-order valence-electron chi connectivity index (χ0n) is 13.2. The SMILES string of the molecule is CN1CCN(C(=O)Oc2cc3c(c4ccccc24)CC=N3)CC1. The zero-order chi connectivity index (χ0) is 15.8. The van der Waals surface area contributed by atoms with E-state index in [9.17, 15) is 4.79 Å². The van der Waals surface area contributed by atoms with Gasteiger partial charge in [0.2, 0.25) is 0 Å². The van der Waals surface area contributed by atoms with E-state index >= 15 is 0 Å². The number of amides is 1. The van der Waals surface area contributed by atoms with Crippen LogP contribution in [0.15, 0.2) is 35.3 Å². The minimum atomic E-state index is -0.273. The molecule has 0 unspecified atom stereocenters. The molecule has 0 aromatic heterocycles. The molecular weight excluding hydrogens is 290 g/mol. The minimum absolute atomic E-state index is 0.273. The van der Waals surface area contributed by atoms with Crippen LogP contribution in [0.4, 0.5) is 10.5 Å². The van der Waals surface area contributed by atoms with E-state index in [1.54, 1.807) is 4.90 Å². The molecule has 0 aliphatic carbocycles. The van der Waals surface area contributed by atoms with Gasteiger partial charge in [-0.1, -0.05) is 24.3 Å². The Morgan fingerprint density at radius 1 is 1.13 bits per heavy atom. The minimum Gasteiger partial charge on any atom is -0.409 e. The molecule has 2 aromatic rings. The molecule has 0 saturated carbocycles. The maximum Gasteiger partial charge on any atom is 0.415 e. The van der Waals surface area contributed by atoms with Crippen LogP contribution in [0, 0.1) is 0 Å². The topological polar surface area (TPSA) is 45.1 Å². The Labute approximate surface area is 135 Å². The van der Waals surface area contributed by atoms with Gasteiger partial charge in [0.1, 0.15) is 5.75 Å². The smallest absolute Gasteiger partial charge is 0.409 e. The standard InChI is InChI=1S/C18H19N3O2/c1-20-8-10-21(11-9-20)18(22)23-17-12-16-14(6-7-19-16)13-4-2-3-5-15(13)17/h2-5,7,12H,6,8-11H2,1H3. The number of hydrogen-bond acceptors (Lipinski definition) is 4. The van der Waals surface area contributed by atoms with E-state index in [4.69, 9.17) is 4.74 Å². The molecule has 4 rings (SSSR count). The summed E-state index contributed by atoms with van der Waals surface area (Å²) in [6.07, 6.45) is 2.47. The van der Waals surface area contributed by atoms with Crippen molar-refractivity contribution in [1.29, 1.82) is 0 Å². The molecule has 2 aliphatic heterocycles. The highest BCUT2D eigenvalue weighted by Crippen LogP contribution is 2.38. The van der Waals surface area contributed by atoms with Gasteiger partial charge in [0.15, 0.2) is 0 Å². The van der Waals surface area contributed by atoms with Gasteiger partial charge in [-0.2, -0.15) is 0 Å². The predicted octanol–water partition coefficient (Wildman–Crippen LogP) is 2.84. The summed E-state index contributed by atoms with van der Waals surface area (Å²) in [4.78, 5) is 20.8. The Hall–Kier alpha value is -2.40. The fraction of sp³-hybridized carbons (Fsp3) is 0.333. The molecule has 0 N–H and O–H groups in total. The third-order valence-electron chi connectivity index (χ3n) is 4.58. The maximum absolute atomic E-state index is 12.5.